The monoisotopic (exact) mass is 305 g/mol. The molecule has 0 unspecified atom stereocenters. The minimum Gasteiger partial charge on any atom is -0.444 e. The Hall–Kier alpha value is -1.79. The van der Waals surface area contributed by atoms with Crippen molar-refractivity contribution < 1.29 is 19.6 Å². The Labute approximate surface area is 132 Å². The lowest BCUT2D eigenvalue weighted by atomic mass is 9.81. The molecule has 1 amide bonds. The molecule has 6 heteroatoms. The fourth-order valence-electron chi connectivity index (χ4n) is 1.76. The molecule has 1 aromatic rings. The van der Waals surface area contributed by atoms with Gasteiger partial charge in [-0.05, 0) is 32.7 Å². The van der Waals surface area contributed by atoms with Crippen molar-refractivity contribution >= 4 is 18.7 Å². The fourth-order valence-corrected chi connectivity index (χ4v) is 1.76. The molecule has 0 aromatic heterocycles. The number of carbonyl (C=O) groups is 1. The molecule has 0 atom stereocenters. The van der Waals surface area contributed by atoms with Crippen LogP contribution in [-0.2, 0) is 4.74 Å². The van der Waals surface area contributed by atoms with Crippen molar-refractivity contribution in [3.63, 3.8) is 0 Å². The van der Waals surface area contributed by atoms with Crippen LogP contribution in [0.15, 0.2) is 42.5 Å². The van der Waals surface area contributed by atoms with E-state index in [1.54, 1.807) is 29.2 Å². The van der Waals surface area contributed by atoms with E-state index in [0.29, 0.717) is 12.0 Å². The van der Waals surface area contributed by atoms with Gasteiger partial charge in [0.1, 0.15) is 5.60 Å². The smallest absolute Gasteiger partial charge is 0.444 e. The molecule has 2 N–H and O–H groups in total. The van der Waals surface area contributed by atoms with Gasteiger partial charge in [-0.15, -0.1) is 0 Å². The molecule has 22 heavy (non-hydrogen) atoms. The van der Waals surface area contributed by atoms with E-state index in [4.69, 9.17) is 14.8 Å². The second-order valence-corrected chi connectivity index (χ2v) is 5.97. The summed E-state index contributed by atoms with van der Waals surface area (Å²) < 4.78 is 5.23. The molecule has 0 spiro atoms. The number of carbonyl (C=O) groups excluding carboxylic acids is 1. The van der Waals surface area contributed by atoms with Crippen molar-refractivity contribution in [1.82, 2.24) is 4.90 Å². The molecule has 0 saturated carbocycles. The zero-order valence-electron chi connectivity index (χ0n) is 13.4. The van der Waals surface area contributed by atoms with Gasteiger partial charge in [0.05, 0.1) is 0 Å². The molecule has 1 heterocycles. The quantitative estimate of drug-likeness (QED) is 0.610. The van der Waals surface area contributed by atoms with E-state index in [1.807, 2.05) is 32.9 Å². The van der Waals surface area contributed by atoms with Crippen molar-refractivity contribution in [1.29, 1.82) is 0 Å². The van der Waals surface area contributed by atoms with E-state index in [0.717, 1.165) is 13.0 Å². The molecule has 0 bridgehead atoms. The minimum atomic E-state index is -1.34. The molecule has 0 aliphatic carbocycles. The van der Waals surface area contributed by atoms with Crippen LogP contribution in [0.3, 0.4) is 0 Å². The van der Waals surface area contributed by atoms with Crippen LogP contribution in [-0.4, -0.2) is 46.9 Å². The predicted molar refractivity (Wildman–Crippen MR) is 87.8 cm³/mol. The van der Waals surface area contributed by atoms with Crippen LogP contribution in [0.1, 0.15) is 27.2 Å². The third-order valence-corrected chi connectivity index (χ3v) is 2.81. The van der Waals surface area contributed by atoms with E-state index in [2.05, 4.69) is 6.08 Å². The van der Waals surface area contributed by atoms with Crippen molar-refractivity contribution in [2.75, 3.05) is 13.1 Å². The summed E-state index contributed by atoms with van der Waals surface area (Å²) in [5.74, 6) is 0. The second kappa shape index (κ2) is 8.61. The molecule has 0 radical (unpaired) electrons. The van der Waals surface area contributed by atoms with Crippen molar-refractivity contribution in [3.05, 3.63) is 42.5 Å². The van der Waals surface area contributed by atoms with Crippen LogP contribution in [0.5, 0.6) is 0 Å². The van der Waals surface area contributed by atoms with Gasteiger partial charge in [-0.2, -0.15) is 0 Å². The number of hydrogen-bond donors (Lipinski definition) is 2. The average molecular weight is 305 g/mol. The summed E-state index contributed by atoms with van der Waals surface area (Å²) in [7, 11) is -1.34. The Morgan fingerprint density at radius 2 is 1.82 bits per heavy atom. The third-order valence-electron chi connectivity index (χ3n) is 2.81. The molecular weight excluding hydrogens is 281 g/mol. The Morgan fingerprint density at radius 1 is 1.18 bits per heavy atom. The first-order valence-electron chi connectivity index (χ1n) is 7.33. The molecule has 1 aliphatic heterocycles. The third kappa shape index (κ3) is 7.29. The number of nitrogens with zero attached hydrogens (tertiary/aromatic N) is 1. The van der Waals surface area contributed by atoms with Gasteiger partial charge < -0.3 is 19.7 Å². The topological polar surface area (TPSA) is 70.0 Å². The van der Waals surface area contributed by atoms with Gasteiger partial charge in [0, 0.05) is 13.1 Å². The van der Waals surface area contributed by atoms with Crippen molar-refractivity contribution in [2.45, 2.75) is 32.8 Å². The summed E-state index contributed by atoms with van der Waals surface area (Å²) in [5.41, 5.74) is 0.135. The first-order chi connectivity index (χ1) is 10.3. The van der Waals surface area contributed by atoms with Gasteiger partial charge in [0.25, 0.3) is 0 Å². The lowest BCUT2D eigenvalue weighted by Crippen LogP contribution is -2.38. The highest BCUT2D eigenvalue weighted by Crippen LogP contribution is 2.11. The van der Waals surface area contributed by atoms with E-state index in [1.165, 1.54) is 0 Å². The highest BCUT2D eigenvalue weighted by Gasteiger charge is 2.21. The Morgan fingerprint density at radius 3 is 2.23 bits per heavy atom. The number of rotatable bonds is 1. The summed E-state index contributed by atoms with van der Waals surface area (Å²) in [6.07, 6.45) is 4.80. The first kappa shape index (κ1) is 18.3. The van der Waals surface area contributed by atoms with Crippen LogP contribution < -0.4 is 5.46 Å². The summed E-state index contributed by atoms with van der Waals surface area (Å²) in [4.78, 5) is 13.2. The van der Waals surface area contributed by atoms with Crippen LogP contribution in [0.25, 0.3) is 0 Å². The maximum Gasteiger partial charge on any atom is 0.488 e. The highest BCUT2D eigenvalue weighted by atomic mass is 16.6. The number of hydrogen-bond acceptors (Lipinski definition) is 4. The van der Waals surface area contributed by atoms with Gasteiger partial charge >= 0.3 is 13.2 Å². The lowest BCUT2D eigenvalue weighted by molar-refractivity contribution is 0.0268. The minimum absolute atomic E-state index is 0.211. The predicted octanol–water partition coefficient (Wildman–Crippen LogP) is 1.55. The summed E-state index contributed by atoms with van der Waals surface area (Å²) in [6, 6.07) is 8.66. The first-order valence-corrected chi connectivity index (χ1v) is 7.33. The molecule has 0 fully saturated rings. The van der Waals surface area contributed by atoms with Gasteiger partial charge in [0.15, 0.2) is 0 Å². The Balaban J connectivity index is 0.000000235. The van der Waals surface area contributed by atoms with Crippen molar-refractivity contribution in [2.24, 2.45) is 0 Å². The maximum absolute atomic E-state index is 11.5. The second-order valence-electron chi connectivity index (χ2n) is 5.97. The molecule has 0 saturated heterocycles. The molecular formula is C16H24BNO4. The molecule has 120 valence electrons. The Kier molecular flexibility index (Phi) is 7.15. The largest absolute Gasteiger partial charge is 0.488 e. The fraction of sp³-hybridized carbons (Fsp3) is 0.438. The lowest BCUT2D eigenvalue weighted by Gasteiger charge is -2.27. The number of benzene rings is 1. The van der Waals surface area contributed by atoms with Gasteiger partial charge in [0.2, 0.25) is 0 Å². The van der Waals surface area contributed by atoms with Crippen LogP contribution in [0, 0.1) is 0 Å². The molecule has 2 rings (SSSR count). The summed E-state index contributed by atoms with van der Waals surface area (Å²) in [5, 5.41) is 17.2. The standard InChI is InChI=1S/C10H17NO2.C6H7BO2/c1-10(2,3)13-9(12)11-7-5-4-6-8-11;8-7(9)6-4-2-1-3-5-6/h4-5H,6-8H2,1-3H3;1-5,8-9H. The molecule has 1 aliphatic rings. The van der Waals surface area contributed by atoms with E-state index >= 15 is 0 Å². The number of ether oxygens (including phenoxy) is 1. The van der Waals surface area contributed by atoms with Crippen LogP contribution >= 0.6 is 0 Å². The summed E-state index contributed by atoms with van der Waals surface area (Å²) in [6.45, 7) is 7.08. The average Bonchev–Trinajstić information content (AvgIpc) is 2.48. The van der Waals surface area contributed by atoms with E-state index in [-0.39, 0.29) is 6.09 Å². The van der Waals surface area contributed by atoms with E-state index in [9.17, 15) is 4.79 Å². The maximum atomic E-state index is 11.5. The van der Waals surface area contributed by atoms with Gasteiger partial charge in [-0.3, -0.25) is 0 Å². The zero-order valence-corrected chi connectivity index (χ0v) is 13.4. The highest BCUT2D eigenvalue weighted by molar-refractivity contribution is 6.58. The SMILES string of the molecule is CC(C)(C)OC(=O)N1CC=CCC1.OB(O)c1ccccc1. The van der Waals surface area contributed by atoms with Gasteiger partial charge in [-0.1, -0.05) is 42.5 Å². The molecule has 1 aromatic carbocycles. The molecule has 5 nitrogen and oxygen atoms in total. The van der Waals surface area contributed by atoms with E-state index < -0.39 is 12.7 Å². The zero-order chi connectivity index (χ0) is 16.6. The van der Waals surface area contributed by atoms with Crippen LogP contribution in [0.4, 0.5) is 4.79 Å². The normalized spacial score (nSPS) is 14.0. The summed E-state index contributed by atoms with van der Waals surface area (Å²) >= 11 is 0. The number of amides is 1. The van der Waals surface area contributed by atoms with Crippen LogP contribution in [0.2, 0.25) is 0 Å². The van der Waals surface area contributed by atoms with Crippen molar-refractivity contribution in [3.8, 4) is 0 Å². The van der Waals surface area contributed by atoms with Gasteiger partial charge in [-0.25, -0.2) is 4.79 Å². The Bertz CT molecular complexity index is 483.